The zero-order valence-electron chi connectivity index (χ0n) is 5.04. The van der Waals surface area contributed by atoms with Crippen LogP contribution in [0.15, 0.2) is 24.5 Å². The molecule has 0 spiro atoms. The summed E-state index contributed by atoms with van der Waals surface area (Å²) in [6.45, 7) is 0. The lowest BCUT2D eigenvalue weighted by molar-refractivity contribution is -0.0140. The normalized spacial score (nSPS) is 10.3. The molecule has 0 amide bonds. The van der Waals surface area contributed by atoms with Gasteiger partial charge in [-0.1, -0.05) is 10.8 Å². The number of halogens is 2. The first-order valence-electron chi connectivity index (χ1n) is 2.61. The molecule has 1 rings (SSSR count). The van der Waals surface area contributed by atoms with Crippen molar-refractivity contribution in [2.75, 3.05) is 0 Å². The lowest BCUT2D eigenvalue weighted by atomic mass is 10.2. The summed E-state index contributed by atoms with van der Waals surface area (Å²) in [6.07, 6.45) is 3.15. The minimum atomic E-state index is -0.292. The van der Waals surface area contributed by atoms with Crippen molar-refractivity contribution in [3.8, 4) is 0 Å². The van der Waals surface area contributed by atoms with E-state index in [1.54, 1.807) is 24.5 Å². The van der Waals surface area contributed by atoms with E-state index in [-0.39, 0.29) is 5.14 Å². The van der Waals surface area contributed by atoms with Crippen molar-refractivity contribution >= 4 is 7.55 Å². The molecule has 53 valence electrons. The number of hydrogen-bond donors (Lipinski definition) is 1. The van der Waals surface area contributed by atoms with Gasteiger partial charge in [-0.15, -0.1) is 8.96 Å². The van der Waals surface area contributed by atoms with Gasteiger partial charge in [0, 0.05) is 0 Å². The predicted molar refractivity (Wildman–Crippen MR) is 32.8 cm³/mol. The van der Waals surface area contributed by atoms with Gasteiger partial charge in [0.15, 0.2) is 0 Å². The number of aromatic nitrogens is 1. The van der Waals surface area contributed by atoms with Crippen molar-refractivity contribution in [2.45, 2.75) is 0 Å². The lowest BCUT2D eigenvalue weighted by Gasteiger charge is -2.03. The maximum absolute atomic E-state index is 12.0. The van der Waals surface area contributed by atoms with Gasteiger partial charge >= 0.3 is 7.55 Å². The van der Waals surface area contributed by atoms with Crippen LogP contribution in [0, 0.1) is 0 Å². The van der Waals surface area contributed by atoms with Crippen molar-refractivity contribution in [3.63, 3.8) is 0 Å². The summed E-state index contributed by atoms with van der Waals surface area (Å²) in [6, 6.07) is 3.39. The lowest BCUT2D eigenvalue weighted by Crippen LogP contribution is -2.31. The van der Waals surface area contributed by atoms with Gasteiger partial charge in [-0.2, -0.15) is 0 Å². The van der Waals surface area contributed by atoms with Crippen molar-refractivity contribution in [1.82, 2.24) is 15.3 Å². The van der Waals surface area contributed by atoms with Gasteiger partial charge < -0.3 is 4.48 Å². The van der Waals surface area contributed by atoms with Crippen LogP contribution in [0.3, 0.4) is 0 Å². The molecule has 0 aliphatic heterocycles. The van der Waals surface area contributed by atoms with Crippen molar-refractivity contribution in [1.29, 1.82) is 0 Å². The van der Waals surface area contributed by atoms with Crippen LogP contribution in [0.2, 0.25) is 0 Å². The molecule has 0 saturated carbocycles. The first-order valence-corrected chi connectivity index (χ1v) is 2.61. The monoisotopic (exact) mass is 144 g/mol. The second-order valence-electron chi connectivity index (χ2n) is 1.64. The molecule has 1 heterocycles. The van der Waals surface area contributed by atoms with E-state index < -0.39 is 0 Å². The second kappa shape index (κ2) is 3.33. The standard InChI is InChI=1S/C4H5BF2N3/c6-8-10(7)5-9-3-1-2-4-9/h1-4,8H. The third-order valence-electron chi connectivity index (χ3n) is 0.943. The zero-order valence-corrected chi connectivity index (χ0v) is 5.04. The van der Waals surface area contributed by atoms with Gasteiger partial charge in [0.2, 0.25) is 0 Å². The summed E-state index contributed by atoms with van der Waals surface area (Å²) in [5.41, 5.74) is 0.793. The Balaban J connectivity index is 2.40. The molecular weight excluding hydrogens is 139 g/mol. The largest absolute Gasteiger partial charge is 0.418 e. The van der Waals surface area contributed by atoms with E-state index >= 15 is 0 Å². The molecule has 0 aliphatic rings. The average Bonchev–Trinajstić information content (AvgIpc) is 2.40. The highest BCUT2D eigenvalue weighted by atomic mass is 19.2. The van der Waals surface area contributed by atoms with Crippen LogP contribution in [0.25, 0.3) is 0 Å². The molecule has 1 aromatic heterocycles. The third-order valence-corrected chi connectivity index (χ3v) is 0.943. The van der Waals surface area contributed by atoms with E-state index in [1.165, 1.54) is 4.48 Å². The number of rotatable bonds is 3. The highest BCUT2D eigenvalue weighted by molar-refractivity contribution is 6.29. The summed E-state index contributed by atoms with van der Waals surface area (Å²) in [5, 5.41) is -0.292. The number of hydrogen-bond acceptors (Lipinski definition) is 2. The van der Waals surface area contributed by atoms with Crippen molar-refractivity contribution in [3.05, 3.63) is 24.5 Å². The molecule has 0 aromatic carbocycles. The average molecular weight is 144 g/mol. The highest BCUT2D eigenvalue weighted by Crippen LogP contribution is 1.88. The van der Waals surface area contributed by atoms with E-state index in [9.17, 15) is 8.96 Å². The fourth-order valence-corrected chi connectivity index (χ4v) is 0.564. The molecule has 3 nitrogen and oxygen atoms in total. The fourth-order valence-electron chi connectivity index (χ4n) is 0.564. The van der Waals surface area contributed by atoms with Gasteiger partial charge in [-0.25, -0.2) is 0 Å². The molecule has 1 aromatic rings. The fraction of sp³-hybridized carbons (Fsp3) is 0. The smallest absolute Gasteiger partial charge is 0.383 e. The molecule has 1 N–H and O–H groups in total. The molecule has 6 heteroatoms. The van der Waals surface area contributed by atoms with Crippen molar-refractivity contribution in [2.24, 2.45) is 0 Å². The maximum Gasteiger partial charge on any atom is 0.418 e. The Kier molecular flexibility index (Phi) is 2.41. The van der Waals surface area contributed by atoms with E-state index in [0.29, 0.717) is 0 Å². The topological polar surface area (TPSA) is 20.2 Å². The minimum absolute atomic E-state index is 0.292. The van der Waals surface area contributed by atoms with Crippen LogP contribution in [0.1, 0.15) is 0 Å². The number of hydrazine groups is 1. The minimum Gasteiger partial charge on any atom is -0.383 e. The Morgan fingerprint density at radius 2 is 2.00 bits per heavy atom. The Morgan fingerprint density at radius 3 is 2.50 bits per heavy atom. The van der Waals surface area contributed by atoms with Crippen LogP contribution in [0.4, 0.5) is 8.96 Å². The van der Waals surface area contributed by atoms with Crippen LogP contribution >= 0.6 is 0 Å². The second-order valence-corrected chi connectivity index (χ2v) is 1.64. The van der Waals surface area contributed by atoms with Gasteiger partial charge in [0.05, 0.1) is 0 Å². The van der Waals surface area contributed by atoms with Crippen LogP contribution in [-0.4, -0.2) is 17.2 Å². The summed E-state index contributed by atoms with van der Waals surface area (Å²) in [7, 11) is 0.903. The Bertz CT molecular complexity index is 179. The molecule has 0 aliphatic carbocycles. The number of nitrogens with one attached hydrogen (secondary N) is 1. The van der Waals surface area contributed by atoms with Crippen molar-refractivity contribution < 1.29 is 8.96 Å². The van der Waals surface area contributed by atoms with Gasteiger partial charge in [0.1, 0.15) is 0 Å². The van der Waals surface area contributed by atoms with E-state index in [0.717, 1.165) is 13.2 Å². The Labute approximate surface area is 57.4 Å². The third kappa shape index (κ3) is 1.82. The van der Waals surface area contributed by atoms with Gasteiger partial charge in [0.25, 0.3) is 0 Å². The molecule has 0 fully saturated rings. The van der Waals surface area contributed by atoms with E-state index in [4.69, 9.17) is 0 Å². The molecule has 1 radical (unpaired) electrons. The van der Waals surface area contributed by atoms with Crippen LogP contribution in [-0.2, 0) is 0 Å². The summed E-state index contributed by atoms with van der Waals surface area (Å²) in [5.74, 6) is 0. The Morgan fingerprint density at radius 1 is 1.40 bits per heavy atom. The molecule has 10 heavy (non-hydrogen) atoms. The van der Waals surface area contributed by atoms with Crippen LogP contribution in [0.5, 0.6) is 0 Å². The molecule has 0 bridgehead atoms. The van der Waals surface area contributed by atoms with Gasteiger partial charge in [-0.3, -0.25) is 0 Å². The highest BCUT2D eigenvalue weighted by Gasteiger charge is 2.04. The number of nitrogens with zero attached hydrogens (tertiary/aromatic N) is 2. The maximum atomic E-state index is 12.0. The van der Waals surface area contributed by atoms with Crippen LogP contribution < -0.4 is 5.65 Å². The van der Waals surface area contributed by atoms with E-state index in [1.807, 2.05) is 0 Å². The molecule has 0 atom stereocenters. The predicted octanol–water partition coefficient (Wildman–Crippen LogP) is 0.446. The first-order chi connectivity index (χ1) is 4.83. The van der Waals surface area contributed by atoms with Gasteiger partial charge in [-0.05, 0) is 24.5 Å². The molecular formula is C4H5BF2N3. The first kappa shape index (κ1) is 7.23. The summed E-state index contributed by atoms with van der Waals surface area (Å²) < 4.78 is 24.6. The molecule has 0 unspecified atom stereocenters. The SMILES string of the molecule is FNN(F)[B]n1cccc1. The summed E-state index contributed by atoms with van der Waals surface area (Å²) in [4.78, 5) is 0. The zero-order chi connectivity index (χ0) is 7.40. The van der Waals surface area contributed by atoms with E-state index in [2.05, 4.69) is 0 Å². The summed E-state index contributed by atoms with van der Waals surface area (Å²) >= 11 is 0. The Hall–Kier alpha value is -0.875. The quantitative estimate of drug-likeness (QED) is 0.377. The molecule has 0 saturated heterocycles.